The number of aromatic nitrogens is 3. The van der Waals surface area contributed by atoms with Gasteiger partial charge in [0.25, 0.3) is 17.0 Å². The van der Waals surface area contributed by atoms with Gasteiger partial charge in [-0.25, -0.2) is 13.8 Å². The van der Waals surface area contributed by atoms with Crippen LogP contribution in [0.15, 0.2) is 34.1 Å². The molecule has 1 aromatic carbocycles. The molecule has 0 radical (unpaired) electrons. The number of pyridine rings is 1. The average molecular weight is 490 g/mol. The number of benzene rings is 1. The Morgan fingerprint density at radius 3 is 2.26 bits per heavy atom. The van der Waals surface area contributed by atoms with E-state index < -0.39 is 41.3 Å². The Kier molecular flexibility index (Phi) is 7.14. The molecule has 0 aliphatic heterocycles. The van der Waals surface area contributed by atoms with E-state index in [0.717, 1.165) is 10.9 Å². The minimum Gasteiger partial charge on any atom is -0.449 e. The van der Waals surface area contributed by atoms with Gasteiger partial charge in [0.1, 0.15) is 5.75 Å². The van der Waals surface area contributed by atoms with Crippen molar-refractivity contribution in [1.29, 1.82) is 5.26 Å². The second-order valence-electron chi connectivity index (χ2n) is 8.25. The van der Waals surface area contributed by atoms with Gasteiger partial charge in [0.2, 0.25) is 12.2 Å². The minimum atomic E-state index is -4.17. The van der Waals surface area contributed by atoms with E-state index in [4.69, 9.17) is 10.00 Å². The fourth-order valence-corrected chi connectivity index (χ4v) is 3.75. The molecule has 1 N–H and O–H groups in total. The molecule has 0 aliphatic rings. The van der Waals surface area contributed by atoms with Crippen LogP contribution in [0.5, 0.6) is 11.5 Å². The van der Waals surface area contributed by atoms with Gasteiger partial charge in [-0.15, -0.1) is 0 Å². The molecule has 7 nitrogen and oxygen atoms in total. The van der Waals surface area contributed by atoms with E-state index in [1.807, 2.05) is 6.07 Å². The van der Waals surface area contributed by atoms with Crippen molar-refractivity contribution in [2.75, 3.05) is 0 Å². The van der Waals surface area contributed by atoms with Crippen LogP contribution in [-0.2, 0) is 12.5 Å². The van der Waals surface area contributed by atoms with E-state index in [9.17, 15) is 27.2 Å². The summed E-state index contributed by atoms with van der Waals surface area (Å²) in [6.07, 6.45) is -4.45. The number of aromatic amines is 1. The fourth-order valence-electron chi connectivity index (χ4n) is 3.75. The lowest BCUT2D eigenvalue weighted by atomic mass is 10.1. The first kappa shape index (κ1) is 25.7. The average Bonchev–Trinajstić information content (AvgIpc) is 2.73. The highest BCUT2D eigenvalue weighted by atomic mass is 19.3. The first-order valence-corrected chi connectivity index (χ1v) is 10.5. The van der Waals surface area contributed by atoms with E-state index in [1.165, 1.54) is 12.1 Å². The van der Waals surface area contributed by atoms with Crippen LogP contribution in [0.2, 0.25) is 0 Å². The van der Waals surface area contributed by atoms with E-state index in [2.05, 4.69) is 9.97 Å². The van der Waals surface area contributed by atoms with Crippen molar-refractivity contribution in [2.24, 2.45) is 0 Å². The number of aryl methyl sites for hydroxylation is 4. The molecule has 0 fully saturated rings. The molecule has 0 bridgehead atoms. The van der Waals surface area contributed by atoms with Gasteiger partial charge in [-0.1, -0.05) is 0 Å². The van der Waals surface area contributed by atoms with Crippen LogP contribution in [0.4, 0.5) is 17.6 Å². The van der Waals surface area contributed by atoms with Crippen LogP contribution in [0.1, 0.15) is 45.6 Å². The molecule has 0 saturated heterocycles. The Labute approximate surface area is 197 Å². The first-order chi connectivity index (χ1) is 16.3. The van der Waals surface area contributed by atoms with Crippen LogP contribution < -0.4 is 15.9 Å². The summed E-state index contributed by atoms with van der Waals surface area (Å²) < 4.78 is 61.7. The van der Waals surface area contributed by atoms with Crippen molar-refractivity contribution in [2.45, 2.75) is 53.0 Å². The number of rotatable bonds is 7. The maximum absolute atomic E-state index is 14.7. The lowest BCUT2D eigenvalue weighted by Crippen LogP contribution is -2.31. The predicted octanol–water partition coefficient (Wildman–Crippen LogP) is 4.62. The summed E-state index contributed by atoms with van der Waals surface area (Å²) in [6, 6.07) is 6.50. The van der Waals surface area contributed by atoms with Gasteiger partial charge >= 0.3 is 0 Å². The summed E-state index contributed by atoms with van der Waals surface area (Å²) in [5, 5.41) is 9.13. The molecule has 0 unspecified atom stereocenters. The summed E-state index contributed by atoms with van der Waals surface area (Å²) in [6.45, 7) is 6.12. The van der Waals surface area contributed by atoms with Crippen LogP contribution >= 0.6 is 0 Å². The zero-order chi connectivity index (χ0) is 26.1. The Hall–Kier alpha value is -3.94. The van der Waals surface area contributed by atoms with Crippen molar-refractivity contribution < 1.29 is 22.3 Å². The molecule has 2 aromatic heterocycles. The third-order valence-corrected chi connectivity index (χ3v) is 5.37. The highest BCUT2D eigenvalue weighted by Gasteiger charge is 2.41. The third-order valence-electron chi connectivity index (χ3n) is 5.37. The summed E-state index contributed by atoms with van der Waals surface area (Å²) in [5.74, 6) is -5.10. The molecule has 0 amide bonds. The zero-order valence-electron chi connectivity index (χ0n) is 19.4. The number of nitriles is 1. The number of nitrogens with zero attached hydrogens (tertiary/aromatic N) is 3. The van der Waals surface area contributed by atoms with Crippen molar-refractivity contribution in [3.63, 3.8) is 0 Å². The first-order valence-electron chi connectivity index (χ1n) is 10.5. The van der Waals surface area contributed by atoms with Crippen molar-refractivity contribution in [1.82, 2.24) is 14.5 Å². The second kappa shape index (κ2) is 9.74. The lowest BCUT2D eigenvalue weighted by Gasteiger charge is -2.21. The molecule has 2 heterocycles. The largest absolute Gasteiger partial charge is 0.449 e. The molecule has 11 heteroatoms. The normalized spacial score (nSPS) is 11.5. The summed E-state index contributed by atoms with van der Waals surface area (Å²) in [7, 11) is 0. The minimum absolute atomic E-state index is 0.0131. The number of halogens is 4. The topological polar surface area (TPSA) is 101 Å². The molecule has 184 valence electrons. The second-order valence-corrected chi connectivity index (χ2v) is 8.25. The van der Waals surface area contributed by atoms with Gasteiger partial charge in [-0.05, 0) is 62.6 Å². The Morgan fingerprint density at radius 1 is 1.09 bits per heavy atom. The van der Waals surface area contributed by atoms with Crippen LogP contribution in [0.3, 0.4) is 0 Å². The highest BCUT2D eigenvalue weighted by Crippen LogP contribution is 2.39. The molecular formula is C24H22F4N4O3. The summed E-state index contributed by atoms with van der Waals surface area (Å²) in [4.78, 5) is 31.9. The zero-order valence-corrected chi connectivity index (χ0v) is 19.4. The maximum Gasteiger partial charge on any atom is 0.299 e. The van der Waals surface area contributed by atoms with Gasteiger partial charge in [-0.3, -0.25) is 14.2 Å². The van der Waals surface area contributed by atoms with E-state index in [0.29, 0.717) is 22.4 Å². The molecule has 0 aliphatic carbocycles. The van der Waals surface area contributed by atoms with E-state index in [1.54, 1.807) is 33.8 Å². The molecule has 3 aromatic rings. The van der Waals surface area contributed by atoms with Gasteiger partial charge < -0.3 is 9.72 Å². The number of hydrogen-bond donors (Lipinski definition) is 1. The summed E-state index contributed by atoms with van der Waals surface area (Å²) >= 11 is 0. The Morgan fingerprint density at radius 2 is 1.71 bits per heavy atom. The van der Waals surface area contributed by atoms with Crippen LogP contribution in [0, 0.1) is 39.0 Å². The number of ether oxygens (including phenoxy) is 1. The molecule has 0 spiro atoms. The molecule has 0 atom stereocenters. The van der Waals surface area contributed by atoms with Crippen molar-refractivity contribution in [3.8, 4) is 17.6 Å². The Balaban J connectivity index is 2.20. The number of hydrogen-bond acceptors (Lipinski definition) is 5. The molecule has 35 heavy (non-hydrogen) atoms. The third kappa shape index (κ3) is 5.42. The van der Waals surface area contributed by atoms with Gasteiger partial charge in [0, 0.05) is 11.3 Å². The molecule has 0 saturated carbocycles. The van der Waals surface area contributed by atoms with Crippen LogP contribution in [0.25, 0.3) is 0 Å². The summed E-state index contributed by atoms with van der Waals surface area (Å²) in [5.41, 5.74) is -0.413. The monoisotopic (exact) mass is 490 g/mol. The van der Waals surface area contributed by atoms with Gasteiger partial charge in [-0.2, -0.15) is 14.0 Å². The highest BCUT2D eigenvalue weighted by molar-refractivity contribution is 5.49. The Bertz CT molecular complexity index is 1420. The number of alkyl halides is 4. The number of H-pyrrole nitrogens is 1. The van der Waals surface area contributed by atoms with E-state index in [-0.39, 0.29) is 23.4 Å². The molecule has 3 rings (SSSR count). The molecular weight excluding hydrogens is 468 g/mol. The quantitative estimate of drug-likeness (QED) is 0.487. The smallest absolute Gasteiger partial charge is 0.299 e. The fraction of sp³-hybridized carbons (Fsp3) is 0.333. The standard InChI is InChI=1S/C24H22F4N4O3/c1-12-5-15(4)31-22(33)17(12)10-32-11-30-21(24(27,28)8-18(25)26)20(23(32)34)35-19-13(2)6-16(9-29)7-14(19)3/h5-7,11,18H,8,10H2,1-4H3,(H,31,33). The number of nitrogens with one attached hydrogen (secondary N) is 1. The predicted molar refractivity (Wildman–Crippen MR) is 119 cm³/mol. The maximum atomic E-state index is 14.7. The van der Waals surface area contributed by atoms with Gasteiger partial charge in [0.15, 0.2) is 5.69 Å². The van der Waals surface area contributed by atoms with Crippen molar-refractivity contribution in [3.05, 3.63) is 84.4 Å². The lowest BCUT2D eigenvalue weighted by molar-refractivity contribution is -0.0643. The van der Waals surface area contributed by atoms with Crippen LogP contribution in [-0.4, -0.2) is 21.0 Å². The SMILES string of the molecule is Cc1cc(C)c(Cn2cnc(C(F)(F)CC(F)F)c(Oc3c(C)cc(C#N)cc3C)c2=O)c(=O)[nH]1. The van der Waals surface area contributed by atoms with Crippen molar-refractivity contribution >= 4 is 0 Å². The van der Waals surface area contributed by atoms with E-state index >= 15 is 0 Å². The van der Waals surface area contributed by atoms with Gasteiger partial charge in [0.05, 0.1) is 30.9 Å².